The lowest BCUT2D eigenvalue weighted by molar-refractivity contribution is -0.123. The Morgan fingerprint density at radius 3 is 2.16 bits per heavy atom. The minimum atomic E-state index is -3.00. The molecule has 1 aliphatic carbocycles. The van der Waals surface area contributed by atoms with E-state index in [0.29, 0.717) is 11.4 Å². The van der Waals surface area contributed by atoms with Gasteiger partial charge >= 0.3 is 0 Å². The molecule has 0 bridgehead atoms. The number of alkyl halides is 2. The highest BCUT2D eigenvalue weighted by Crippen LogP contribution is 2.65. The molecular weight excluding hydrogens is 490 g/mol. The van der Waals surface area contributed by atoms with Gasteiger partial charge in [0.2, 0.25) is 5.91 Å². The summed E-state index contributed by atoms with van der Waals surface area (Å²) in [5, 5.41) is 5.07. The number of hydrogen-bond acceptors (Lipinski definition) is 5. The fourth-order valence-electron chi connectivity index (χ4n) is 4.68. The highest BCUT2D eigenvalue weighted by molar-refractivity contribution is 5.94. The summed E-state index contributed by atoms with van der Waals surface area (Å²) in [5.41, 5.74) is -1.21. The van der Waals surface area contributed by atoms with E-state index in [1.165, 1.54) is 19.4 Å². The van der Waals surface area contributed by atoms with Gasteiger partial charge in [0.05, 0.1) is 0 Å². The average Bonchev–Trinajstić information content (AvgIpc) is 3.63. The van der Waals surface area contributed by atoms with Gasteiger partial charge in [-0.2, -0.15) is 0 Å². The van der Waals surface area contributed by atoms with E-state index in [4.69, 9.17) is 0 Å². The van der Waals surface area contributed by atoms with Gasteiger partial charge in [0.15, 0.2) is 0 Å². The van der Waals surface area contributed by atoms with Crippen molar-refractivity contribution in [2.24, 2.45) is 5.41 Å². The van der Waals surface area contributed by atoms with Crippen LogP contribution in [-0.4, -0.2) is 66.3 Å². The molecule has 3 rings (SSSR count). The van der Waals surface area contributed by atoms with Crippen molar-refractivity contribution in [1.82, 2.24) is 25.5 Å². The number of likely N-dealkylation sites (N-methyl/N-ethyl adjacent to an activating group) is 1. The third kappa shape index (κ3) is 6.44. The van der Waals surface area contributed by atoms with Crippen LogP contribution in [0.2, 0.25) is 0 Å². The molecule has 1 heterocycles. The number of carbonyl (C=O) groups is 2. The zero-order chi connectivity index (χ0) is 27.5. The number of amides is 2. The Bertz CT molecular complexity index is 1110. The molecule has 37 heavy (non-hydrogen) atoms. The monoisotopic (exact) mass is 523 g/mol. The molecule has 0 spiro atoms. The summed E-state index contributed by atoms with van der Waals surface area (Å²) in [6.07, 6.45) is 3.27. The Balaban J connectivity index is 1.73. The Labute approximate surface area is 214 Å². The molecular formula is C26H33F4N5O2. The van der Waals surface area contributed by atoms with Crippen molar-refractivity contribution in [2.45, 2.75) is 57.4 Å². The van der Waals surface area contributed by atoms with E-state index in [0.717, 1.165) is 19.1 Å². The van der Waals surface area contributed by atoms with Gasteiger partial charge in [-0.15, -0.1) is 0 Å². The number of aromatic nitrogens is 2. The molecule has 2 amide bonds. The standard InChI is InChI=1S/C26H33F4N5O2/c1-15-32-12-17(13-33-15)20(26(6-7-26)25(2,29)30)11-23(36)34-14-18(35(4)5)10-19-21(27)8-16(9-22(19)28)24(37)31-3/h8-9,12-13,18,20H,6-7,10-11,14H2,1-5H3,(H,31,37)(H,34,36)/t18-,20+/m0/s1. The van der Waals surface area contributed by atoms with E-state index in [1.54, 1.807) is 25.9 Å². The summed E-state index contributed by atoms with van der Waals surface area (Å²) in [7, 11) is 4.77. The maximum Gasteiger partial charge on any atom is 0.251 e. The van der Waals surface area contributed by atoms with Crippen molar-refractivity contribution in [1.29, 1.82) is 0 Å². The van der Waals surface area contributed by atoms with Crippen LogP contribution < -0.4 is 10.6 Å². The number of nitrogens with one attached hydrogen (secondary N) is 2. The van der Waals surface area contributed by atoms with Crippen LogP contribution in [0.15, 0.2) is 24.5 Å². The van der Waals surface area contributed by atoms with Crippen LogP contribution in [-0.2, 0) is 11.2 Å². The molecule has 1 fully saturated rings. The summed E-state index contributed by atoms with van der Waals surface area (Å²) >= 11 is 0. The van der Waals surface area contributed by atoms with Crippen LogP contribution >= 0.6 is 0 Å². The van der Waals surface area contributed by atoms with Crippen LogP contribution in [0.3, 0.4) is 0 Å². The van der Waals surface area contributed by atoms with Crippen LogP contribution in [0.4, 0.5) is 17.6 Å². The number of carbonyl (C=O) groups excluding carboxylic acids is 2. The first-order valence-electron chi connectivity index (χ1n) is 12.1. The third-order valence-electron chi connectivity index (χ3n) is 7.26. The van der Waals surface area contributed by atoms with E-state index in [-0.39, 0.29) is 43.4 Å². The minimum Gasteiger partial charge on any atom is -0.355 e. The van der Waals surface area contributed by atoms with E-state index in [1.807, 2.05) is 0 Å². The van der Waals surface area contributed by atoms with E-state index < -0.39 is 46.7 Å². The van der Waals surface area contributed by atoms with Crippen LogP contribution in [0.5, 0.6) is 0 Å². The molecule has 2 aromatic rings. The van der Waals surface area contributed by atoms with Gasteiger partial charge in [0, 0.05) is 60.9 Å². The zero-order valence-electron chi connectivity index (χ0n) is 21.7. The second-order valence-corrected chi connectivity index (χ2v) is 9.99. The first-order valence-corrected chi connectivity index (χ1v) is 12.1. The van der Waals surface area contributed by atoms with E-state index in [2.05, 4.69) is 20.6 Å². The fraction of sp³-hybridized carbons (Fsp3) is 0.538. The Kier molecular flexibility index (Phi) is 8.56. The smallest absolute Gasteiger partial charge is 0.251 e. The summed E-state index contributed by atoms with van der Waals surface area (Å²) in [6.45, 7) is 2.60. The third-order valence-corrected chi connectivity index (χ3v) is 7.26. The Hall–Kier alpha value is -3.08. The number of nitrogens with zero attached hydrogens (tertiary/aromatic N) is 3. The molecule has 1 aromatic carbocycles. The summed E-state index contributed by atoms with van der Waals surface area (Å²) < 4.78 is 58.5. The Morgan fingerprint density at radius 2 is 1.70 bits per heavy atom. The molecule has 0 radical (unpaired) electrons. The molecule has 0 saturated heterocycles. The second kappa shape index (κ2) is 11.1. The fourth-order valence-corrected chi connectivity index (χ4v) is 4.68. The summed E-state index contributed by atoms with van der Waals surface area (Å²) in [6, 6.07) is 1.44. The highest BCUT2D eigenvalue weighted by atomic mass is 19.3. The number of benzene rings is 1. The number of halogens is 4. The molecule has 1 aliphatic rings. The molecule has 0 unspecified atom stereocenters. The van der Waals surface area contributed by atoms with Gasteiger partial charge < -0.3 is 15.5 Å². The van der Waals surface area contributed by atoms with Crippen molar-refractivity contribution in [2.75, 3.05) is 27.7 Å². The van der Waals surface area contributed by atoms with Crippen LogP contribution in [0.25, 0.3) is 0 Å². The lowest BCUT2D eigenvalue weighted by atomic mass is 9.78. The molecule has 0 aliphatic heterocycles. The lowest BCUT2D eigenvalue weighted by Gasteiger charge is -2.32. The van der Waals surface area contributed by atoms with Gasteiger partial charge in [-0.05, 0) is 64.9 Å². The van der Waals surface area contributed by atoms with Crippen molar-refractivity contribution < 1.29 is 27.2 Å². The average molecular weight is 524 g/mol. The SMILES string of the molecule is CNC(=O)c1cc(F)c(C[C@@H](CNC(=O)C[C@H](c2cnc(C)nc2)C2(C(C)(F)F)CC2)N(C)C)c(F)c1. The zero-order valence-corrected chi connectivity index (χ0v) is 21.7. The Morgan fingerprint density at radius 1 is 1.14 bits per heavy atom. The quantitative estimate of drug-likeness (QED) is 0.440. The molecule has 2 atom stereocenters. The minimum absolute atomic E-state index is 0.0363. The van der Waals surface area contributed by atoms with E-state index in [9.17, 15) is 27.2 Å². The molecule has 11 heteroatoms. The first kappa shape index (κ1) is 28.5. The van der Waals surface area contributed by atoms with E-state index >= 15 is 0 Å². The number of aryl methyl sites for hydroxylation is 1. The van der Waals surface area contributed by atoms with Crippen molar-refractivity contribution in [3.63, 3.8) is 0 Å². The van der Waals surface area contributed by atoms with Crippen molar-refractivity contribution >= 4 is 11.8 Å². The largest absolute Gasteiger partial charge is 0.355 e. The predicted molar refractivity (Wildman–Crippen MR) is 130 cm³/mol. The van der Waals surface area contributed by atoms with Gasteiger partial charge in [-0.1, -0.05) is 0 Å². The first-order chi connectivity index (χ1) is 17.3. The van der Waals surface area contributed by atoms with Gasteiger partial charge in [-0.25, -0.2) is 27.5 Å². The topological polar surface area (TPSA) is 87.2 Å². The highest BCUT2D eigenvalue weighted by Gasteiger charge is 2.63. The molecule has 2 N–H and O–H groups in total. The number of rotatable bonds is 11. The van der Waals surface area contributed by atoms with Gasteiger partial charge in [-0.3, -0.25) is 9.59 Å². The molecule has 7 nitrogen and oxygen atoms in total. The maximum atomic E-state index is 14.7. The summed E-state index contributed by atoms with van der Waals surface area (Å²) in [5.74, 6) is -6.07. The van der Waals surface area contributed by atoms with Gasteiger partial charge in [0.25, 0.3) is 11.8 Å². The molecule has 1 aromatic heterocycles. The normalized spacial score (nSPS) is 16.3. The second-order valence-electron chi connectivity index (χ2n) is 9.99. The molecule has 1 saturated carbocycles. The van der Waals surface area contributed by atoms with Crippen LogP contribution in [0, 0.1) is 24.0 Å². The van der Waals surface area contributed by atoms with Crippen molar-refractivity contribution in [3.8, 4) is 0 Å². The maximum absolute atomic E-state index is 14.7. The van der Waals surface area contributed by atoms with Gasteiger partial charge in [0.1, 0.15) is 17.5 Å². The molecule has 202 valence electrons. The van der Waals surface area contributed by atoms with Crippen LogP contribution in [0.1, 0.15) is 59.4 Å². The summed E-state index contributed by atoms with van der Waals surface area (Å²) in [4.78, 5) is 34.6. The lowest BCUT2D eigenvalue weighted by Crippen LogP contribution is -2.43. The van der Waals surface area contributed by atoms with Crippen molar-refractivity contribution in [3.05, 3.63) is 58.7 Å². The number of hydrogen-bond donors (Lipinski definition) is 2. The predicted octanol–water partition coefficient (Wildman–Crippen LogP) is 3.62.